The number of carbonyl (C=O) groups excluding carboxylic acids is 2. The number of hydrogen-bond donors (Lipinski definition) is 2. The minimum atomic E-state index is -0.481. The summed E-state index contributed by atoms with van der Waals surface area (Å²) in [5.41, 5.74) is 1.27. The number of hydrogen-bond acceptors (Lipinski definition) is 3. The molecule has 2 rings (SSSR count). The van der Waals surface area contributed by atoms with Crippen molar-refractivity contribution in [3.8, 4) is 0 Å². The fourth-order valence-corrected chi connectivity index (χ4v) is 2.48. The van der Waals surface area contributed by atoms with Gasteiger partial charge in [-0.3, -0.25) is 4.79 Å². The van der Waals surface area contributed by atoms with Crippen molar-refractivity contribution in [2.24, 2.45) is 0 Å². The molecule has 0 aliphatic rings. The highest BCUT2D eigenvalue weighted by atomic mass is 19.1. The van der Waals surface area contributed by atoms with E-state index < -0.39 is 5.97 Å². The van der Waals surface area contributed by atoms with Crippen LogP contribution in [0.15, 0.2) is 48.5 Å². The molecular formula is C19H22FN2O3+. The second kappa shape index (κ2) is 8.94. The first-order valence-corrected chi connectivity index (χ1v) is 8.12. The third-order valence-corrected chi connectivity index (χ3v) is 3.61. The summed E-state index contributed by atoms with van der Waals surface area (Å²) < 4.78 is 18.7. The van der Waals surface area contributed by atoms with E-state index in [1.54, 1.807) is 49.4 Å². The van der Waals surface area contributed by atoms with Crippen molar-refractivity contribution >= 4 is 17.6 Å². The van der Waals surface area contributed by atoms with Crippen LogP contribution < -0.4 is 10.2 Å². The molecule has 0 aromatic heterocycles. The molecule has 0 aliphatic carbocycles. The van der Waals surface area contributed by atoms with Gasteiger partial charge < -0.3 is 15.0 Å². The van der Waals surface area contributed by atoms with E-state index in [2.05, 4.69) is 5.32 Å². The van der Waals surface area contributed by atoms with Crippen molar-refractivity contribution in [1.82, 2.24) is 0 Å². The number of nitrogens with one attached hydrogen (secondary N) is 2. The second-order valence-electron chi connectivity index (χ2n) is 5.72. The van der Waals surface area contributed by atoms with E-state index in [0.717, 1.165) is 4.90 Å². The van der Waals surface area contributed by atoms with Crippen LogP contribution in [-0.4, -0.2) is 32.1 Å². The zero-order chi connectivity index (χ0) is 18.2. The van der Waals surface area contributed by atoms with E-state index in [0.29, 0.717) is 23.4 Å². The zero-order valence-electron chi connectivity index (χ0n) is 14.3. The Balaban J connectivity index is 1.98. The van der Waals surface area contributed by atoms with Crippen LogP contribution >= 0.6 is 0 Å². The molecule has 0 aliphatic heterocycles. The Morgan fingerprint density at radius 3 is 2.52 bits per heavy atom. The molecule has 2 aromatic rings. The number of anilines is 1. The van der Waals surface area contributed by atoms with Crippen LogP contribution in [0.1, 0.15) is 22.8 Å². The van der Waals surface area contributed by atoms with Gasteiger partial charge in [0.05, 0.1) is 24.9 Å². The van der Waals surface area contributed by atoms with Gasteiger partial charge in [-0.2, -0.15) is 0 Å². The molecule has 0 spiro atoms. The van der Waals surface area contributed by atoms with Crippen molar-refractivity contribution in [2.75, 3.05) is 25.5 Å². The number of benzene rings is 2. The molecule has 1 atom stereocenters. The molecule has 132 valence electrons. The summed E-state index contributed by atoms with van der Waals surface area (Å²) >= 11 is 0. The number of amides is 1. The van der Waals surface area contributed by atoms with Gasteiger partial charge in [0.25, 0.3) is 5.91 Å². The first-order valence-electron chi connectivity index (χ1n) is 8.12. The molecule has 0 fully saturated rings. The highest BCUT2D eigenvalue weighted by Gasteiger charge is 2.17. The van der Waals surface area contributed by atoms with E-state index in [1.165, 1.54) is 6.07 Å². The third kappa shape index (κ3) is 5.39. The third-order valence-electron chi connectivity index (χ3n) is 3.61. The average Bonchev–Trinajstić information content (AvgIpc) is 2.57. The van der Waals surface area contributed by atoms with Crippen molar-refractivity contribution in [3.63, 3.8) is 0 Å². The van der Waals surface area contributed by atoms with Gasteiger partial charge in [-0.25, -0.2) is 9.18 Å². The lowest BCUT2D eigenvalue weighted by Crippen LogP contribution is -3.08. The van der Waals surface area contributed by atoms with Crippen LogP contribution in [0.4, 0.5) is 10.1 Å². The lowest BCUT2D eigenvalue weighted by molar-refractivity contribution is -0.885. The van der Waals surface area contributed by atoms with Crippen LogP contribution in [0.3, 0.4) is 0 Å². The van der Waals surface area contributed by atoms with Gasteiger partial charge in [-0.1, -0.05) is 30.3 Å². The molecule has 5 nitrogen and oxygen atoms in total. The molecule has 0 bridgehead atoms. The van der Waals surface area contributed by atoms with Gasteiger partial charge in [-0.15, -0.1) is 0 Å². The van der Waals surface area contributed by atoms with Gasteiger partial charge in [-0.05, 0) is 25.1 Å². The minimum absolute atomic E-state index is 0.144. The summed E-state index contributed by atoms with van der Waals surface area (Å²) in [6, 6.07) is 13.2. The predicted molar refractivity (Wildman–Crippen MR) is 92.9 cm³/mol. The lowest BCUT2D eigenvalue weighted by Gasteiger charge is -2.15. The molecule has 1 unspecified atom stereocenters. The topological polar surface area (TPSA) is 59.8 Å². The molecule has 0 radical (unpaired) electrons. The van der Waals surface area contributed by atoms with Gasteiger partial charge in [0.15, 0.2) is 6.54 Å². The van der Waals surface area contributed by atoms with Crippen LogP contribution in [0, 0.1) is 5.82 Å². The van der Waals surface area contributed by atoms with E-state index in [4.69, 9.17) is 4.74 Å². The Morgan fingerprint density at radius 1 is 1.12 bits per heavy atom. The number of rotatable bonds is 7. The summed E-state index contributed by atoms with van der Waals surface area (Å²) in [4.78, 5) is 25.0. The van der Waals surface area contributed by atoms with Gasteiger partial charge in [0.2, 0.25) is 0 Å². The summed E-state index contributed by atoms with van der Waals surface area (Å²) in [5, 5.41) is 2.73. The van der Waals surface area contributed by atoms with Crippen molar-refractivity contribution in [2.45, 2.75) is 13.5 Å². The monoisotopic (exact) mass is 345 g/mol. The van der Waals surface area contributed by atoms with Crippen LogP contribution in [0.5, 0.6) is 0 Å². The van der Waals surface area contributed by atoms with Crippen molar-refractivity contribution in [1.29, 1.82) is 0 Å². The maximum atomic E-state index is 13.7. The average molecular weight is 345 g/mol. The largest absolute Gasteiger partial charge is 0.462 e. The first-order chi connectivity index (χ1) is 12.0. The van der Waals surface area contributed by atoms with Crippen LogP contribution in [-0.2, 0) is 16.1 Å². The molecule has 6 heteroatoms. The molecule has 2 N–H and O–H groups in total. The molecular weight excluding hydrogens is 323 g/mol. The SMILES string of the molecule is CCOC(=O)c1ccccc1NC(=O)C[NH+](C)Cc1ccccc1F. The van der Waals surface area contributed by atoms with Crippen molar-refractivity contribution < 1.29 is 23.6 Å². The quantitative estimate of drug-likeness (QED) is 0.751. The minimum Gasteiger partial charge on any atom is -0.462 e. The molecule has 25 heavy (non-hydrogen) atoms. The van der Waals surface area contributed by atoms with Gasteiger partial charge in [0, 0.05) is 5.56 Å². The van der Waals surface area contributed by atoms with Crippen LogP contribution in [0.2, 0.25) is 0 Å². The molecule has 0 heterocycles. The smallest absolute Gasteiger partial charge is 0.340 e. The number of para-hydroxylation sites is 1. The molecule has 0 saturated carbocycles. The normalized spacial score (nSPS) is 11.6. The Labute approximate surface area is 146 Å². The highest BCUT2D eigenvalue weighted by molar-refractivity contribution is 6.01. The Bertz CT molecular complexity index is 749. The Kier molecular flexibility index (Phi) is 6.65. The van der Waals surface area contributed by atoms with E-state index >= 15 is 0 Å². The molecule has 0 saturated heterocycles. The number of halogens is 1. The second-order valence-corrected chi connectivity index (χ2v) is 5.72. The number of likely N-dealkylation sites (N-methyl/N-ethyl adjacent to an activating group) is 1. The lowest BCUT2D eigenvalue weighted by atomic mass is 10.1. The summed E-state index contributed by atoms with van der Waals surface area (Å²) in [6.45, 7) is 2.52. The molecule has 1 amide bonds. The van der Waals surface area contributed by atoms with E-state index in [9.17, 15) is 14.0 Å². The number of esters is 1. The Hall–Kier alpha value is -2.73. The van der Waals surface area contributed by atoms with Gasteiger partial charge in [0.1, 0.15) is 12.4 Å². The highest BCUT2D eigenvalue weighted by Crippen LogP contribution is 2.16. The Morgan fingerprint density at radius 2 is 1.80 bits per heavy atom. The number of ether oxygens (including phenoxy) is 1. The number of carbonyl (C=O) groups is 2. The van der Waals surface area contributed by atoms with E-state index in [-0.39, 0.29) is 24.9 Å². The standard InChI is InChI=1S/C19H21FN2O3/c1-3-25-19(24)15-9-5-7-11-17(15)21-18(23)13-22(2)12-14-8-4-6-10-16(14)20/h4-11H,3,12-13H2,1-2H3,(H,21,23)/p+1. The molecule has 2 aromatic carbocycles. The first kappa shape index (κ1) is 18.6. The maximum absolute atomic E-state index is 13.7. The summed E-state index contributed by atoms with van der Waals surface area (Å²) in [7, 11) is 1.81. The zero-order valence-corrected chi connectivity index (χ0v) is 14.3. The van der Waals surface area contributed by atoms with Crippen LogP contribution in [0.25, 0.3) is 0 Å². The van der Waals surface area contributed by atoms with E-state index in [1.807, 2.05) is 7.05 Å². The van der Waals surface area contributed by atoms with Gasteiger partial charge >= 0.3 is 5.97 Å². The van der Waals surface area contributed by atoms with Crippen molar-refractivity contribution in [3.05, 3.63) is 65.5 Å². The predicted octanol–water partition coefficient (Wildman–Crippen LogP) is 1.66. The fraction of sp³-hybridized carbons (Fsp3) is 0.263. The summed E-state index contributed by atoms with van der Waals surface area (Å²) in [5.74, 6) is -1.02. The maximum Gasteiger partial charge on any atom is 0.340 e. The number of quaternary nitrogens is 1. The fourth-order valence-electron chi connectivity index (χ4n) is 2.48. The summed E-state index contributed by atoms with van der Waals surface area (Å²) in [6.07, 6.45) is 0.